The van der Waals surface area contributed by atoms with E-state index in [-0.39, 0.29) is 6.10 Å². The van der Waals surface area contributed by atoms with Crippen molar-refractivity contribution in [1.82, 2.24) is 4.90 Å². The van der Waals surface area contributed by atoms with Crippen LogP contribution in [-0.2, 0) is 13.0 Å². The van der Waals surface area contributed by atoms with E-state index in [1.807, 2.05) is 36.4 Å². The fraction of sp³-hybridized carbons (Fsp3) is 0.321. The van der Waals surface area contributed by atoms with Crippen molar-refractivity contribution in [2.24, 2.45) is 5.92 Å². The lowest BCUT2D eigenvalue weighted by atomic mass is 9.89. The lowest BCUT2D eigenvalue weighted by molar-refractivity contribution is 0.0697. The summed E-state index contributed by atoms with van der Waals surface area (Å²) in [4.78, 5) is 13.5. The molecule has 0 bridgehead atoms. The predicted molar refractivity (Wildman–Crippen MR) is 127 cm³/mol. The summed E-state index contributed by atoms with van der Waals surface area (Å²) in [5, 5.41) is 9.05. The van der Waals surface area contributed by atoms with E-state index in [0.29, 0.717) is 18.1 Å². The zero-order chi connectivity index (χ0) is 22.6. The molecule has 1 N–H and O–H groups in total. The molecule has 2 aliphatic heterocycles. The fourth-order valence-corrected chi connectivity index (χ4v) is 4.75. The third-order valence-electron chi connectivity index (χ3n) is 6.70. The van der Waals surface area contributed by atoms with Crippen LogP contribution in [0.3, 0.4) is 0 Å². The number of carboxylic acid groups (broad SMARTS) is 1. The maximum absolute atomic E-state index is 11.0. The minimum absolute atomic E-state index is 0.0748. The molecule has 33 heavy (non-hydrogen) atoms. The number of likely N-dealkylation sites (tertiary alicyclic amines) is 1. The number of benzene rings is 3. The van der Waals surface area contributed by atoms with E-state index in [1.54, 1.807) is 12.1 Å². The first-order chi connectivity index (χ1) is 16.1. The van der Waals surface area contributed by atoms with Gasteiger partial charge in [0.25, 0.3) is 0 Å². The van der Waals surface area contributed by atoms with E-state index in [9.17, 15) is 4.79 Å². The number of hydrogen-bond donors (Lipinski definition) is 1. The van der Waals surface area contributed by atoms with Crippen LogP contribution in [0.4, 0.5) is 0 Å². The first kappa shape index (κ1) is 21.5. The Hall–Kier alpha value is -3.31. The first-order valence-electron chi connectivity index (χ1n) is 11.7. The Kier molecular flexibility index (Phi) is 6.31. The van der Waals surface area contributed by atoms with Gasteiger partial charge >= 0.3 is 5.97 Å². The van der Waals surface area contributed by atoms with E-state index < -0.39 is 5.97 Å². The largest absolute Gasteiger partial charge is 0.485 e. The molecule has 0 saturated carbocycles. The molecule has 5 rings (SSSR count). The second kappa shape index (κ2) is 9.67. The van der Waals surface area contributed by atoms with Gasteiger partial charge in [-0.15, -0.1) is 0 Å². The van der Waals surface area contributed by atoms with Gasteiger partial charge in [-0.25, -0.2) is 4.79 Å². The van der Waals surface area contributed by atoms with Gasteiger partial charge in [0, 0.05) is 6.54 Å². The van der Waals surface area contributed by atoms with Crippen LogP contribution in [0.5, 0.6) is 11.5 Å². The number of piperidine rings is 1. The molecule has 2 heterocycles. The molecular weight excluding hydrogens is 414 g/mol. The summed E-state index contributed by atoms with van der Waals surface area (Å²) in [6.45, 7) is 3.68. The van der Waals surface area contributed by atoms with Crippen molar-refractivity contribution in [1.29, 1.82) is 0 Å². The summed E-state index contributed by atoms with van der Waals surface area (Å²) >= 11 is 0. The number of fused-ring (bicyclic) bond motifs is 1. The zero-order valence-corrected chi connectivity index (χ0v) is 18.7. The maximum atomic E-state index is 11.0. The fourth-order valence-electron chi connectivity index (χ4n) is 4.75. The van der Waals surface area contributed by atoms with Crippen molar-refractivity contribution in [2.75, 3.05) is 19.7 Å². The molecule has 1 atom stereocenters. The molecule has 3 aromatic carbocycles. The number of carboxylic acids is 1. The number of para-hydroxylation sites is 2. The Balaban J connectivity index is 1.10. The third kappa shape index (κ3) is 5.20. The second-order valence-corrected chi connectivity index (χ2v) is 9.03. The summed E-state index contributed by atoms with van der Waals surface area (Å²) in [6.07, 6.45) is 3.29. The average molecular weight is 444 g/mol. The number of ether oxygens (including phenoxy) is 2. The van der Waals surface area contributed by atoms with Crippen LogP contribution in [0.1, 0.15) is 46.0 Å². The molecular formula is C28H29NO4. The van der Waals surface area contributed by atoms with Crippen LogP contribution in [0.2, 0.25) is 0 Å². The van der Waals surface area contributed by atoms with Gasteiger partial charge in [-0.2, -0.15) is 0 Å². The van der Waals surface area contributed by atoms with Crippen molar-refractivity contribution in [3.63, 3.8) is 0 Å². The van der Waals surface area contributed by atoms with E-state index in [4.69, 9.17) is 14.6 Å². The van der Waals surface area contributed by atoms with Crippen molar-refractivity contribution >= 4 is 5.97 Å². The van der Waals surface area contributed by atoms with Crippen LogP contribution < -0.4 is 9.47 Å². The first-order valence-corrected chi connectivity index (χ1v) is 11.7. The Bertz CT molecular complexity index is 1090. The zero-order valence-electron chi connectivity index (χ0n) is 18.7. The SMILES string of the molecule is O=C(O)c1ccc(CC2CCN(Cc3ccc(C4COc5ccccc5O4)cc3)CC2)cc1. The molecule has 3 aromatic rings. The molecule has 1 unspecified atom stereocenters. The van der Waals surface area contributed by atoms with Gasteiger partial charge in [0.15, 0.2) is 17.6 Å². The highest BCUT2D eigenvalue weighted by molar-refractivity contribution is 5.87. The van der Waals surface area contributed by atoms with Gasteiger partial charge in [-0.3, -0.25) is 4.90 Å². The van der Waals surface area contributed by atoms with E-state index in [0.717, 1.165) is 43.1 Å². The lowest BCUT2D eigenvalue weighted by Crippen LogP contribution is -2.33. The van der Waals surface area contributed by atoms with Crippen LogP contribution in [-0.4, -0.2) is 35.7 Å². The average Bonchev–Trinajstić information content (AvgIpc) is 2.86. The van der Waals surface area contributed by atoms with Gasteiger partial charge in [-0.1, -0.05) is 48.5 Å². The maximum Gasteiger partial charge on any atom is 0.335 e. The molecule has 1 fully saturated rings. The normalized spacial score (nSPS) is 18.7. The highest BCUT2D eigenvalue weighted by atomic mass is 16.6. The van der Waals surface area contributed by atoms with Crippen molar-refractivity contribution in [3.8, 4) is 11.5 Å². The van der Waals surface area contributed by atoms with Crippen LogP contribution in [0.25, 0.3) is 0 Å². The molecule has 0 radical (unpaired) electrons. The van der Waals surface area contributed by atoms with Gasteiger partial charge in [-0.05, 0) is 79.2 Å². The molecule has 1 saturated heterocycles. The Morgan fingerprint density at radius 2 is 1.55 bits per heavy atom. The van der Waals surface area contributed by atoms with Crippen molar-refractivity contribution in [2.45, 2.75) is 31.9 Å². The summed E-state index contributed by atoms with van der Waals surface area (Å²) in [5.41, 5.74) is 4.04. The second-order valence-electron chi connectivity index (χ2n) is 9.03. The monoisotopic (exact) mass is 443 g/mol. The summed E-state index contributed by atoms with van der Waals surface area (Å²) < 4.78 is 12.0. The summed E-state index contributed by atoms with van der Waals surface area (Å²) in [5.74, 6) is 1.41. The Labute approximate surface area is 194 Å². The van der Waals surface area contributed by atoms with Crippen molar-refractivity contribution in [3.05, 3.63) is 95.1 Å². The van der Waals surface area contributed by atoms with Crippen LogP contribution in [0, 0.1) is 5.92 Å². The smallest absolute Gasteiger partial charge is 0.335 e. The minimum atomic E-state index is -0.868. The van der Waals surface area contributed by atoms with E-state index in [2.05, 4.69) is 29.2 Å². The van der Waals surface area contributed by atoms with E-state index >= 15 is 0 Å². The minimum Gasteiger partial charge on any atom is -0.485 e. The highest BCUT2D eigenvalue weighted by Gasteiger charge is 2.23. The third-order valence-corrected chi connectivity index (χ3v) is 6.70. The molecule has 0 aliphatic carbocycles. The van der Waals surface area contributed by atoms with Gasteiger partial charge in [0.1, 0.15) is 6.61 Å². The lowest BCUT2D eigenvalue weighted by Gasteiger charge is -2.32. The molecule has 0 aromatic heterocycles. The summed E-state index contributed by atoms with van der Waals surface area (Å²) in [7, 11) is 0. The standard InChI is InChI=1S/C28H29NO4/c30-28(31)24-11-5-20(6-12-24)17-21-13-15-29(16-14-21)18-22-7-9-23(10-8-22)27-19-32-25-3-1-2-4-26(25)33-27/h1-12,21,27H,13-19H2,(H,30,31). The summed E-state index contributed by atoms with van der Waals surface area (Å²) in [6, 6.07) is 23.9. The number of hydrogen-bond acceptors (Lipinski definition) is 4. The molecule has 5 heteroatoms. The quantitative estimate of drug-likeness (QED) is 0.556. The highest BCUT2D eigenvalue weighted by Crippen LogP contribution is 2.36. The van der Waals surface area contributed by atoms with Crippen molar-refractivity contribution < 1.29 is 19.4 Å². The van der Waals surface area contributed by atoms with E-state index in [1.165, 1.54) is 24.0 Å². The van der Waals surface area contributed by atoms with Gasteiger partial charge in [0.2, 0.25) is 0 Å². The Morgan fingerprint density at radius 1 is 0.879 bits per heavy atom. The molecule has 2 aliphatic rings. The molecule has 5 nitrogen and oxygen atoms in total. The number of carbonyl (C=O) groups is 1. The molecule has 0 amide bonds. The topological polar surface area (TPSA) is 59.0 Å². The predicted octanol–water partition coefficient (Wildman–Crippen LogP) is 5.35. The number of aromatic carboxylic acids is 1. The number of nitrogens with zero attached hydrogens (tertiary/aromatic N) is 1. The Morgan fingerprint density at radius 3 is 2.24 bits per heavy atom. The molecule has 0 spiro atoms. The number of rotatable bonds is 6. The van der Waals surface area contributed by atoms with Crippen LogP contribution in [0.15, 0.2) is 72.8 Å². The van der Waals surface area contributed by atoms with Gasteiger partial charge < -0.3 is 14.6 Å². The van der Waals surface area contributed by atoms with Gasteiger partial charge in [0.05, 0.1) is 5.56 Å². The molecule has 170 valence electrons. The van der Waals surface area contributed by atoms with Crippen LogP contribution >= 0.6 is 0 Å².